The quantitative estimate of drug-likeness (QED) is 0.0591. The molecule has 0 radical (unpaired) electrons. The number of carbonyl (C=O) groups is 2. The van der Waals surface area contributed by atoms with E-state index in [4.69, 9.17) is 9.47 Å². The average Bonchev–Trinajstić information content (AvgIpc) is 2.95. The van der Waals surface area contributed by atoms with E-state index in [1.165, 1.54) is 116 Å². The Balaban J connectivity index is 3.87. The third kappa shape index (κ3) is 24.4. The smallest absolute Gasteiger partial charge is 0.309 e. The molecule has 0 aromatic rings. The van der Waals surface area contributed by atoms with E-state index in [9.17, 15) is 9.59 Å². The van der Waals surface area contributed by atoms with Gasteiger partial charge < -0.3 is 9.47 Å². The second-order valence-electron chi connectivity index (χ2n) is 13.7. The molecule has 42 heavy (non-hydrogen) atoms. The van der Waals surface area contributed by atoms with E-state index in [2.05, 4.69) is 41.5 Å². The van der Waals surface area contributed by atoms with Crippen LogP contribution < -0.4 is 0 Å². The first-order valence-corrected chi connectivity index (χ1v) is 18.7. The van der Waals surface area contributed by atoms with Crippen molar-refractivity contribution in [2.45, 2.75) is 196 Å². The van der Waals surface area contributed by atoms with Crippen molar-refractivity contribution >= 4 is 11.9 Å². The molecule has 0 saturated heterocycles. The summed E-state index contributed by atoms with van der Waals surface area (Å²) >= 11 is 0. The standard InChI is InChI=1S/C38H74O4/c1-7-9-11-13-23-27-31-41-36(39)30-26-22-20-18-16-15-17-19-21-25-29-35(33(3)4)37(34(5)6)38(40)42-32-28-24-14-12-10-8-2/h33-35,37H,7-32H2,1-6H3. The number of ether oxygens (including phenoxy) is 2. The lowest BCUT2D eigenvalue weighted by Crippen LogP contribution is -2.33. The molecule has 2 atom stereocenters. The van der Waals surface area contributed by atoms with Gasteiger partial charge in [-0.2, -0.15) is 0 Å². The zero-order valence-corrected chi connectivity index (χ0v) is 29.3. The van der Waals surface area contributed by atoms with Crippen molar-refractivity contribution in [1.29, 1.82) is 0 Å². The van der Waals surface area contributed by atoms with Crippen molar-refractivity contribution in [1.82, 2.24) is 0 Å². The van der Waals surface area contributed by atoms with Gasteiger partial charge in [-0.1, -0.05) is 164 Å². The Morgan fingerprint density at radius 2 is 0.881 bits per heavy atom. The van der Waals surface area contributed by atoms with Crippen LogP contribution in [0, 0.1) is 23.7 Å². The molecule has 0 aliphatic heterocycles. The number of unbranched alkanes of at least 4 members (excludes halogenated alkanes) is 19. The summed E-state index contributed by atoms with van der Waals surface area (Å²) in [6.45, 7) is 14.6. The molecule has 0 aliphatic carbocycles. The van der Waals surface area contributed by atoms with Crippen LogP contribution in [-0.2, 0) is 19.1 Å². The third-order valence-corrected chi connectivity index (χ3v) is 8.98. The van der Waals surface area contributed by atoms with Gasteiger partial charge in [0.1, 0.15) is 0 Å². The summed E-state index contributed by atoms with van der Waals surface area (Å²) in [5, 5.41) is 0. The first kappa shape index (κ1) is 40.9. The number of rotatable bonds is 31. The number of esters is 2. The van der Waals surface area contributed by atoms with Crippen LogP contribution in [0.15, 0.2) is 0 Å². The minimum atomic E-state index is -0.00645. The zero-order chi connectivity index (χ0) is 31.3. The summed E-state index contributed by atoms with van der Waals surface area (Å²) in [7, 11) is 0. The lowest BCUT2D eigenvalue weighted by Gasteiger charge is -2.31. The van der Waals surface area contributed by atoms with Gasteiger partial charge in [-0.3, -0.25) is 9.59 Å². The van der Waals surface area contributed by atoms with Crippen molar-refractivity contribution < 1.29 is 19.1 Å². The Kier molecular flexibility index (Phi) is 29.2. The van der Waals surface area contributed by atoms with Crippen LogP contribution in [0.4, 0.5) is 0 Å². The molecule has 0 heterocycles. The van der Waals surface area contributed by atoms with Gasteiger partial charge in [0.2, 0.25) is 0 Å². The van der Waals surface area contributed by atoms with Crippen molar-refractivity contribution in [3.05, 3.63) is 0 Å². The zero-order valence-electron chi connectivity index (χ0n) is 29.3. The highest BCUT2D eigenvalue weighted by molar-refractivity contribution is 5.73. The Bertz CT molecular complexity index is 600. The molecule has 0 N–H and O–H groups in total. The van der Waals surface area contributed by atoms with E-state index < -0.39 is 0 Å². The molecule has 0 aromatic heterocycles. The van der Waals surface area contributed by atoms with Crippen LogP contribution in [0.2, 0.25) is 0 Å². The third-order valence-electron chi connectivity index (χ3n) is 8.98. The summed E-state index contributed by atoms with van der Waals surface area (Å²) < 4.78 is 11.2. The molecule has 0 amide bonds. The lowest BCUT2D eigenvalue weighted by molar-refractivity contribution is -0.153. The molecule has 2 unspecified atom stereocenters. The van der Waals surface area contributed by atoms with Gasteiger partial charge in [-0.25, -0.2) is 0 Å². The van der Waals surface area contributed by atoms with Gasteiger partial charge in [-0.05, 0) is 43.4 Å². The SMILES string of the molecule is CCCCCCCCOC(=O)CCCCCCCCCCCCC(C(C)C)C(C(=O)OCCCCCCCC)C(C)C. The average molecular weight is 595 g/mol. The first-order chi connectivity index (χ1) is 20.3. The summed E-state index contributed by atoms with van der Waals surface area (Å²) in [5.41, 5.74) is 0. The van der Waals surface area contributed by atoms with Gasteiger partial charge >= 0.3 is 11.9 Å². The van der Waals surface area contributed by atoms with Crippen LogP contribution in [0.1, 0.15) is 196 Å². The van der Waals surface area contributed by atoms with Crippen molar-refractivity contribution in [2.75, 3.05) is 13.2 Å². The maximum atomic E-state index is 13.0. The minimum absolute atomic E-state index is 0.00645. The van der Waals surface area contributed by atoms with E-state index in [0.29, 0.717) is 37.4 Å². The summed E-state index contributed by atoms with van der Waals surface area (Å²) in [5.74, 6) is 1.30. The molecule has 0 saturated carbocycles. The molecule has 0 rings (SSSR count). The summed E-state index contributed by atoms with van der Waals surface area (Å²) in [4.78, 5) is 24.9. The summed E-state index contributed by atoms with van der Waals surface area (Å²) in [6, 6.07) is 0. The van der Waals surface area contributed by atoms with Crippen LogP contribution >= 0.6 is 0 Å². The lowest BCUT2D eigenvalue weighted by atomic mass is 9.74. The van der Waals surface area contributed by atoms with Crippen LogP contribution in [-0.4, -0.2) is 25.2 Å². The van der Waals surface area contributed by atoms with E-state index in [1.54, 1.807) is 0 Å². The van der Waals surface area contributed by atoms with E-state index in [1.807, 2.05) is 0 Å². The normalized spacial score (nSPS) is 13.0. The molecule has 4 heteroatoms. The molecule has 250 valence electrons. The maximum Gasteiger partial charge on any atom is 0.309 e. The second-order valence-corrected chi connectivity index (χ2v) is 13.7. The second kappa shape index (κ2) is 30.0. The monoisotopic (exact) mass is 595 g/mol. The molecule has 0 spiro atoms. The Morgan fingerprint density at radius 3 is 1.33 bits per heavy atom. The van der Waals surface area contributed by atoms with Crippen molar-refractivity contribution in [3.63, 3.8) is 0 Å². The van der Waals surface area contributed by atoms with Crippen molar-refractivity contribution in [3.8, 4) is 0 Å². The van der Waals surface area contributed by atoms with Crippen LogP contribution in [0.25, 0.3) is 0 Å². The fourth-order valence-corrected chi connectivity index (χ4v) is 6.22. The van der Waals surface area contributed by atoms with Gasteiger partial charge in [0.25, 0.3) is 0 Å². The first-order valence-electron chi connectivity index (χ1n) is 18.7. The highest BCUT2D eigenvalue weighted by atomic mass is 16.5. The predicted molar refractivity (Wildman–Crippen MR) is 181 cm³/mol. The van der Waals surface area contributed by atoms with Gasteiger partial charge in [0.15, 0.2) is 0 Å². The molecular formula is C38H74O4. The number of carbonyl (C=O) groups excluding carboxylic acids is 2. The predicted octanol–water partition coefficient (Wildman–Crippen LogP) is 12.0. The largest absolute Gasteiger partial charge is 0.466 e. The maximum absolute atomic E-state index is 13.0. The van der Waals surface area contributed by atoms with Gasteiger partial charge in [0.05, 0.1) is 19.1 Å². The topological polar surface area (TPSA) is 52.6 Å². The Morgan fingerprint density at radius 1 is 0.476 bits per heavy atom. The van der Waals surface area contributed by atoms with Gasteiger partial charge in [0, 0.05) is 6.42 Å². The molecule has 0 aliphatic rings. The van der Waals surface area contributed by atoms with Crippen LogP contribution in [0.5, 0.6) is 0 Å². The van der Waals surface area contributed by atoms with Gasteiger partial charge in [-0.15, -0.1) is 0 Å². The van der Waals surface area contributed by atoms with E-state index in [0.717, 1.165) is 32.1 Å². The van der Waals surface area contributed by atoms with E-state index >= 15 is 0 Å². The molecule has 0 aromatic carbocycles. The molecule has 4 nitrogen and oxygen atoms in total. The van der Waals surface area contributed by atoms with E-state index in [-0.39, 0.29) is 17.9 Å². The molecular weight excluding hydrogens is 520 g/mol. The fraction of sp³-hybridized carbons (Fsp3) is 0.947. The highest BCUT2D eigenvalue weighted by Crippen LogP contribution is 2.33. The fourth-order valence-electron chi connectivity index (χ4n) is 6.22. The Hall–Kier alpha value is -1.06. The summed E-state index contributed by atoms with van der Waals surface area (Å²) in [6.07, 6.45) is 28.7. The minimum Gasteiger partial charge on any atom is -0.466 e. The van der Waals surface area contributed by atoms with Crippen LogP contribution in [0.3, 0.4) is 0 Å². The Labute approximate surface area is 263 Å². The van der Waals surface area contributed by atoms with Crippen molar-refractivity contribution in [2.24, 2.45) is 23.7 Å². The number of hydrogen-bond acceptors (Lipinski definition) is 4. The molecule has 0 bridgehead atoms. The number of hydrogen-bond donors (Lipinski definition) is 0. The molecule has 0 fully saturated rings. The highest BCUT2D eigenvalue weighted by Gasteiger charge is 2.33.